The number of hydrogen-bond donors (Lipinski definition) is 1. The molecule has 0 fully saturated rings. The van der Waals surface area contributed by atoms with E-state index in [0.717, 1.165) is 5.56 Å². The molecule has 0 aliphatic heterocycles. The maximum Gasteiger partial charge on any atom is 0.357 e. The van der Waals surface area contributed by atoms with Gasteiger partial charge in [0.05, 0.1) is 27.0 Å². The number of nitrogens with zero attached hydrogens (tertiary/aromatic N) is 2. The molecule has 0 unspecified atom stereocenters. The van der Waals surface area contributed by atoms with Gasteiger partial charge in [-0.05, 0) is 35.7 Å². The van der Waals surface area contributed by atoms with E-state index >= 15 is 0 Å². The van der Waals surface area contributed by atoms with Crippen molar-refractivity contribution in [1.82, 2.24) is 9.78 Å². The number of rotatable bonds is 6. The second-order valence-corrected chi connectivity index (χ2v) is 7.08. The molecule has 8 nitrogen and oxygen atoms in total. The summed E-state index contributed by atoms with van der Waals surface area (Å²) >= 11 is 0. The summed E-state index contributed by atoms with van der Waals surface area (Å²) in [5.41, 5.74) is 1.48. The zero-order valence-electron chi connectivity index (χ0n) is 18.0. The third kappa shape index (κ3) is 3.96. The number of esters is 2. The van der Waals surface area contributed by atoms with Crippen LogP contribution in [0.25, 0.3) is 16.9 Å². The molecular formula is C23H24N2O6. The lowest BCUT2D eigenvalue weighted by Crippen LogP contribution is -2.15. The Labute approximate surface area is 180 Å². The third-order valence-electron chi connectivity index (χ3n) is 4.89. The summed E-state index contributed by atoms with van der Waals surface area (Å²) in [6.45, 7) is 3.97. The smallest absolute Gasteiger partial charge is 0.357 e. The molecule has 0 aliphatic carbocycles. The minimum Gasteiger partial charge on any atom is -0.504 e. The maximum absolute atomic E-state index is 12.8. The Bertz CT molecular complexity index is 1120. The zero-order chi connectivity index (χ0) is 22.7. The molecule has 8 heteroatoms. The summed E-state index contributed by atoms with van der Waals surface area (Å²) in [6.07, 6.45) is 0. The van der Waals surface area contributed by atoms with Crippen LogP contribution in [-0.4, -0.2) is 48.2 Å². The van der Waals surface area contributed by atoms with Crippen molar-refractivity contribution in [2.45, 2.75) is 19.8 Å². The van der Waals surface area contributed by atoms with E-state index in [9.17, 15) is 14.7 Å². The Morgan fingerprint density at radius 2 is 1.65 bits per heavy atom. The lowest BCUT2D eigenvalue weighted by molar-refractivity contribution is 0.0549. The quantitative estimate of drug-likeness (QED) is 0.598. The van der Waals surface area contributed by atoms with E-state index in [4.69, 9.17) is 14.2 Å². The molecule has 2 aromatic carbocycles. The number of benzene rings is 2. The van der Waals surface area contributed by atoms with Gasteiger partial charge in [0.25, 0.3) is 0 Å². The van der Waals surface area contributed by atoms with Crippen molar-refractivity contribution in [3.05, 3.63) is 59.3 Å². The summed E-state index contributed by atoms with van der Waals surface area (Å²) in [4.78, 5) is 25.5. The molecule has 1 aromatic heterocycles. The van der Waals surface area contributed by atoms with Gasteiger partial charge in [-0.1, -0.05) is 32.0 Å². The number of aromatic nitrogens is 2. The van der Waals surface area contributed by atoms with Crippen molar-refractivity contribution in [1.29, 1.82) is 0 Å². The predicted molar refractivity (Wildman–Crippen MR) is 114 cm³/mol. The SMILES string of the molecule is COC(=O)c1c(-c2cc(C(C)C)cc(OC)c2O)nn(-c2ccccc2)c1C(=O)OC. The Kier molecular flexibility index (Phi) is 6.29. The van der Waals surface area contributed by atoms with E-state index in [1.165, 1.54) is 26.0 Å². The number of methoxy groups -OCH3 is 3. The Hall–Kier alpha value is -3.81. The van der Waals surface area contributed by atoms with Crippen molar-refractivity contribution in [2.24, 2.45) is 0 Å². The van der Waals surface area contributed by atoms with Gasteiger partial charge in [-0.2, -0.15) is 5.10 Å². The van der Waals surface area contributed by atoms with Gasteiger partial charge in [-0.3, -0.25) is 0 Å². The lowest BCUT2D eigenvalue weighted by Gasteiger charge is -2.14. The molecule has 31 heavy (non-hydrogen) atoms. The average Bonchev–Trinajstić information content (AvgIpc) is 3.19. The summed E-state index contributed by atoms with van der Waals surface area (Å²) in [5, 5.41) is 15.4. The molecule has 162 valence electrons. The first-order valence-electron chi connectivity index (χ1n) is 9.60. The van der Waals surface area contributed by atoms with Crippen molar-refractivity contribution < 1.29 is 28.9 Å². The Morgan fingerprint density at radius 3 is 2.19 bits per heavy atom. The molecule has 0 radical (unpaired) electrons. The minimum atomic E-state index is -0.786. The molecule has 0 spiro atoms. The van der Waals surface area contributed by atoms with Crippen LogP contribution in [0.15, 0.2) is 42.5 Å². The molecule has 3 rings (SSSR count). The lowest BCUT2D eigenvalue weighted by atomic mass is 9.96. The highest BCUT2D eigenvalue weighted by Crippen LogP contribution is 2.42. The largest absolute Gasteiger partial charge is 0.504 e. The van der Waals surface area contributed by atoms with Crippen LogP contribution in [0, 0.1) is 0 Å². The van der Waals surface area contributed by atoms with Gasteiger partial charge in [-0.25, -0.2) is 14.3 Å². The molecule has 1 N–H and O–H groups in total. The first-order valence-corrected chi connectivity index (χ1v) is 9.60. The molecule has 0 atom stereocenters. The number of carbonyl (C=O) groups is 2. The normalized spacial score (nSPS) is 10.8. The van der Waals surface area contributed by atoms with E-state index in [0.29, 0.717) is 5.69 Å². The number of carbonyl (C=O) groups excluding carboxylic acids is 2. The highest BCUT2D eigenvalue weighted by molar-refractivity contribution is 6.07. The van der Waals surface area contributed by atoms with Crippen LogP contribution in [-0.2, 0) is 9.47 Å². The van der Waals surface area contributed by atoms with Gasteiger partial charge in [-0.15, -0.1) is 0 Å². The molecule has 0 amide bonds. The van der Waals surface area contributed by atoms with E-state index in [-0.39, 0.29) is 39.9 Å². The third-order valence-corrected chi connectivity index (χ3v) is 4.89. The van der Waals surface area contributed by atoms with Gasteiger partial charge in [0.2, 0.25) is 0 Å². The van der Waals surface area contributed by atoms with Crippen molar-refractivity contribution in [3.8, 4) is 28.4 Å². The van der Waals surface area contributed by atoms with Crippen LogP contribution < -0.4 is 4.74 Å². The number of aromatic hydroxyl groups is 1. The van der Waals surface area contributed by atoms with Gasteiger partial charge in [0.1, 0.15) is 11.3 Å². The molecular weight excluding hydrogens is 400 g/mol. The van der Waals surface area contributed by atoms with Gasteiger partial charge in [0, 0.05) is 5.56 Å². The minimum absolute atomic E-state index is 0.0782. The molecule has 1 heterocycles. The van der Waals surface area contributed by atoms with Gasteiger partial charge >= 0.3 is 11.9 Å². The fourth-order valence-corrected chi connectivity index (χ4v) is 3.24. The van der Waals surface area contributed by atoms with Gasteiger partial charge < -0.3 is 19.3 Å². The monoisotopic (exact) mass is 424 g/mol. The number of ether oxygens (including phenoxy) is 3. The zero-order valence-corrected chi connectivity index (χ0v) is 18.0. The van der Waals surface area contributed by atoms with Crippen molar-refractivity contribution >= 4 is 11.9 Å². The molecule has 0 saturated carbocycles. The number of hydrogen-bond acceptors (Lipinski definition) is 7. The van der Waals surface area contributed by atoms with E-state index in [2.05, 4.69) is 5.10 Å². The van der Waals surface area contributed by atoms with E-state index in [1.54, 1.807) is 36.4 Å². The van der Waals surface area contributed by atoms with Gasteiger partial charge in [0.15, 0.2) is 17.2 Å². The molecule has 0 aliphatic rings. The van der Waals surface area contributed by atoms with Crippen LogP contribution >= 0.6 is 0 Å². The molecule has 0 saturated heterocycles. The number of phenolic OH excluding ortho intramolecular Hbond substituents is 1. The maximum atomic E-state index is 12.8. The fourth-order valence-electron chi connectivity index (χ4n) is 3.24. The Balaban J connectivity index is 2.44. The summed E-state index contributed by atoms with van der Waals surface area (Å²) < 4.78 is 16.5. The van der Waals surface area contributed by atoms with Crippen LogP contribution in [0.3, 0.4) is 0 Å². The highest BCUT2D eigenvalue weighted by Gasteiger charge is 2.33. The molecule has 3 aromatic rings. The average molecular weight is 424 g/mol. The van der Waals surface area contributed by atoms with Crippen LogP contribution in [0.5, 0.6) is 11.5 Å². The number of para-hydroxylation sites is 1. The van der Waals surface area contributed by atoms with Crippen LogP contribution in [0.1, 0.15) is 46.2 Å². The summed E-state index contributed by atoms with van der Waals surface area (Å²) in [6, 6.07) is 12.3. The first kappa shape index (κ1) is 21.9. The standard InChI is InChI=1S/C23H24N2O6/c1-13(2)14-11-16(21(26)17(12-14)29-3)19-18(22(27)30-4)20(23(28)31-5)25(24-19)15-9-7-6-8-10-15/h6-13,26H,1-5H3. The fraction of sp³-hybridized carbons (Fsp3) is 0.261. The molecule has 0 bridgehead atoms. The first-order chi connectivity index (χ1) is 14.8. The van der Waals surface area contributed by atoms with Crippen molar-refractivity contribution in [2.75, 3.05) is 21.3 Å². The van der Waals surface area contributed by atoms with E-state index in [1.807, 2.05) is 19.9 Å². The second-order valence-electron chi connectivity index (χ2n) is 7.08. The topological polar surface area (TPSA) is 99.9 Å². The predicted octanol–water partition coefficient (Wildman–Crippen LogP) is 3.95. The summed E-state index contributed by atoms with van der Waals surface area (Å²) in [7, 11) is 3.86. The van der Waals surface area contributed by atoms with Crippen LogP contribution in [0.2, 0.25) is 0 Å². The highest BCUT2D eigenvalue weighted by atomic mass is 16.5. The second kappa shape index (κ2) is 8.91. The Morgan fingerprint density at radius 1 is 1.00 bits per heavy atom. The summed E-state index contributed by atoms with van der Waals surface area (Å²) in [5.74, 6) is -1.43. The van der Waals surface area contributed by atoms with Crippen molar-refractivity contribution in [3.63, 3.8) is 0 Å². The van der Waals surface area contributed by atoms with E-state index < -0.39 is 11.9 Å². The number of phenols is 1. The van der Waals surface area contributed by atoms with Crippen LogP contribution in [0.4, 0.5) is 0 Å².